The second-order valence-corrected chi connectivity index (χ2v) is 3.38. The molecule has 0 atom stereocenters. The molecule has 78 valence electrons. The van der Waals surface area contributed by atoms with Gasteiger partial charge in [-0.25, -0.2) is 0 Å². The third-order valence-corrected chi connectivity index (χ3v) is 2.15. The number of hydrogen-bond donors (Lipinski definition) is 1. The minimum absolute atomic E-state index is 0.0880. The van der Waals surface area contributed by atoms with Crippen LogP contribution >= 0.6 is 11.6 Å². The number of ketones is 1. The minimum Gasteiger partial charge on any atom is -0.321 e. The zero-order chi connectivity index (χ0) is 11.4. The molecule has 1 rings (SSSR count). The summed E-state index contributed by atoms with van der Waals surface area (Å²) in [7, 11) is 0. The lowest BCUT2D eigenvalue weighted by atomic mass is 10.2. The van der Waals surface area contributed by atoms with Gasteiger partial charge >= 0.3 is 0 Å². The van der Waals surface area contributed by atoms with Crippen LogP contribution in [0.3, 0.4) is 0 Å². The van der Waals surface area contributed by atoms with E-state index >= 15 is 0 Å². The molecule has 0 spiro atoms. The molecular formula is C11H10ClNO2. The fraction of sp³-hybridized carbons (Fsp3) is 0.0909. The lowest BCUT2D eigenvalue weighted by molar-refractivity contribution is -0.118. The Morgan fingerprint density at radius 1 is 1.33 bits per heavy atom. The van der Waals surface area contributed by atoms with Crippen molar-refractivity contribution in [3.8, 4) is 0 Å². The summed E-state index contributed by atoms with van der Waals surface area (Å²) in [5.41, 5.74) is 0.376. The third-order valence-electron chi connectivity index (χ3n) is 1.82. The van der Waals surface area contributed by atoms with Gasteiger partial charge in [-0.1, -0.05) is 30.3 Å². The van der Waals surface area contributed by atoms with Crippen LogP contribution in [-0.2, 0) is 9.59 Å². The van der Waals surface area contributed by atoms with Gasteiger partial charge < -0.3 is 5.32 Å². The number of nitrogens with one attached hydrogen (secondary N) is 1. The zero-order valence-corrected chi connectivity index (χ0v) is 8.97. The molecule has 3 nitrogen and oxygen atoms in total. The van der Waals surface area contributed by atoms with Crippen molar-refractivity contribution in [2.24, 2.45) is 0 Å². The highest BCUT2D eigenvalue weighted by molar-refractivity contribution is 6.34. The highest BCUT2D eigenvalue weighted by Crippen LogP contribution is 2.20. The van der Waals surface area contributed by atoms with Crippen LogP contribution in [-0.4, -0.2) is 11.7 Å². The first-order valence-corrected chi connectivity index (χ1v) is 4.66. The molecule has 0 unspecified atom stereocenters. The summed E-state index contributed by atoms with van der Waals surface area (Å²) in [6, 6.07) is 6.77. The number of carbonyl (C=O) groups excluding carboxylic acids is 2. The molecule has 1 N–H and O–H groups in total. The van der Waals surface area contributed by atoms with E-state index in [1.54, 1.807) is 24.3 Å². The highest BCUT2D eigenvalue weighted by atomic mass is 35.5. The number of para-hydroxylation sites is 1. The van der Waals surface area contributed by atoms with Gasteiger partial charge in [0.2, 0.25) is 0 Å². The Hall–Kier alpha value is -1.61. The van der Waals surface area contributed by atoms with E-state index in [1.165, 1.54) is 6.92 Å². The molecule has 0 saturated carbocycles. The summed E-state index contributed by atoms with van der Waals surface area (Å²) in [6.07, 6.45) is 0. The fourth-order valence-electron chi connectivity index (χ4n) is 0.920. The predicted octanol–water partition coefficient (Wildman–Crippen LogP) is 2.42. The van der Waals surface area contributed by atoms with Crippen LogP contribution in [0.5, 0.6) is 0 Å². The van der Waals surface area contributed by atoms with Gasteiger partial charge in [0, 0.05) is 0 Å². The van der Waals surface area contributed by atoms with Crippen molar-refractivity contribution in [1.29, 1.82) is 0 Å². The highest BCUT2D eigenvalue weighted by Gasteiger charge is 2.12. The van der Waals surface area contributed by atoms with E-state index in [0.717, 1.165) is 0 Å². The number of Topliss-reactive ketones (excluding diaryl/α,β-unsaturated/α-hetero) is 1. The van der Waals surface area contributed by atoms with Crippen molar-refractivity contribution in [1.82, 2.24) is 0 Å². The quantitative estimate of drug-likeness (QED) is 0.486. The van der Waals surface area contributed by atoms with Crippen LogP contribution < -0.4 is 5.32 Å². The topological polar surface area (TPSA) is 46.2 Å². The Labute approximate surface area is 92.7 Å². The Bertz CT molecular complexity index is 426. The summed E-state index contributed by atoms with van der Waals surface area (Å²) in [6.45, 7) is 4.66. The van der Waals surface area contributed by atoms with Crippen LogP contribution in [0.25, 0.3) is 0 Å². The molecule has 15 heavy (non-hydrogen) atoms. The molecule has 1 aromatic rings. The lowest BCUT2D eigenvalue weighted by Crippen LogP contribution is -2.18. The van der Waals surface area contributed by atoms with Crippen LogP contribution in [0.1, 0.15) is 6.92 Å². The predicted molar refractivity (Wildman–Crippen MR) is 59.9 cm³/mol. The number of halogens is 1. The first-order chi connectivity index (χ1) is 7.02. The molecule has 0 aliphatic carbocycles. The van der Waals surface area contributed by atoms with Gasteiger partial charge in [0.15, 0.2) is 5.78 Å². The standard InChI is InChI=1S/C11H10ClNO2/c1-7(8(2)14)11(15)13-10-6-4-3-5-9(10)12/h3-6H,1H2,2H3,(H,13,15). The van der Waals surface area contributed by atoms with Crippen LogP contribution in [0.15, 0.2) is 36.4 Å². The fourth-order valence-corrected chi connectivity index (χ4v) is 1.10. The minimum atomic E-state index is -0.532. The van der Waals surface area contributed by atoms with Gasteiger partial charge in [-0.05, 0) is 19.1 Å². The Morgan fingerprint density at radius 2 is 1.93 bits per heavy atom. The maximum Gasteiger partial charge on any atom is 0.258 e. The number of rotatable bonds is 3. The van der Waals surface area contributed by atoms with E-state index in [9.17, 15) is 9.59 Å². The summed E-state index contributed by atoms with van der Waals surface area (Å²) in [4.78, 5) is 22.3. The zero-order valence-electron chi connectivity index (χ0n) is 8.21. The van der Waals surface area contributed by atoms with E-state index in [1.807, 2.05) is 0 Å². The summed E-state index contributed by atoms with van der Waals surface area (Å²) in [5, 5.41) is 2.92. The maximum atomic E-state index is 11.4. The number of anilines is 1. The summed E-state index contributed by atoms with van der Waals surface area (Å²) >= 11 is 5.82. The summed E-state index contributed by atoms with van der Waals surface area (Å²) in [5.74, 6) is -0.893. The maximum absolute atomic E-state index is 11.4. The van der Waals surface area contributed by atoms with Crippen LogP contribution in [0.2, 0.25) is 5.02 Å². The monoisotopic (exact) mass is 223 g/mol. The molecule has 0 saturated heterocycles. The van der Waals surface area contributed by atoms with E-state index in [-0.39, 0.29) is 11.4 Å². The molecule has 0 aliphatic heterocycles. The SMILES string of the molecule is C=C(C(C)=O)C(=O)Nc1ccccc1Cl. The molecule has 0 aliphatic rings. The molecule has 0 aromatic heterocycles. The van der Waals surface area contributed by atoms with E-state index < -0.39 is 5.91 Å². The number of amides is 1. The molecule has 4 heteroatoms. The van der Waals surface area contributed by atoms with Gasteiger partial charge in [0.1, 0.15) is 0 Å². The van der Waals surface area contributed by atoms with Gasteiger partial charge in [-0.15, -0.1) is 0 Å². The average molecular weight is 224 g/mol. The third kappa shape index (κ3) is 2.92. The van der Waals surface area contributed by atoms with Crippen molar-refractivity contribution in [2.45, 2.75) is 6.92 Å². The van der Waals surface area contributed by atoms with Crippen LogP contribution in [0.4, 0.5) is 5.69 Å². The van der Waals surface area contributed by atoms with Crippen molar-refractivity contribution in [3.05, 3.63) is 41.4 Å². The van der Waals surface area contributed by atoms with Gasteiger partial charge in [-0.3, -0.25) is 9.59 Å². The molecule has 1 amide bonds. The van der Waals surface area contributed by atoms with Crippen molar-refractivity contribution < 1.29 is 9.59 Å². The van der Waals surface area contributed by atoms with Crippen molar-refractivity contribution >= 4 is 29.0 Å². The normalized spacial score (nSPS) is 9.47. The van der Waals surface area contributed by atoms with Gasteiger partial charge in [0.25, 0.3) is 5.91 Å². The number of hydrogen-bond acceptors (Lipinski definition) is 2. The van der Waals surface area contributed by atoms with Crippen LogP contribution in [0, 0.1) is 0 Å². The number of carbonyl (C=O) groups is 2. The van der Waals surface area contributed by atoms with Crippen molar-refractivity contribution in [2.75, 3.05) is 5.32 Å². The Morgan fingerprint density at radius 3 is 2.47 bits per heavy atom. The molecule has 0 radical (unpaired) electrons. The van der Waals surface area contributed by atoms with Crippen molar-refractivity contribution in [3.63, 3.8) is 0 Å². The molecule has 0 bridgehead atoms. The van der Waals surface area contributed by atoms with E-state index in [2.05, 4.69) is 11.9 Å². The lowest BCUT2D eigenvalue weighted by Gasteiger charge is -2.06. The molecule has 0 heterocycles. The summed E-state index contributed by atoms with van der Waals surface area (Å²) < 4.78 is 0. The molecule has 1 aromatic carbocycles. The van der Waals surface area contributed by atoms with E-state index in [0.29, 0.717) is 10.7 Å². The first kappa shape index (κ1) is 11.5. The Kier molecular flexibility index (Phi) is 3.63. The average Bonchev–Trinajstić information content (AvgIpc) is 2.20. The smallest absolute Gasteiger partial charge is 0.258 e. The second-order valence-electron chi connectivity index (χ2n) is 2.97. The number of benzene rings is 1. The molecular weight excluding hydrogens is 214 g/mol. The largest absolute Gasteiger partial charge is 0.321 e. The van der Waals surface area contributed by atoms with Gasteiger partial charge in [0.05, 0.1) is 16.3 Å². The second kappa shape index (κ2) is 4.75. The van der Waals surface area contributed by atoms with E-state index in [4.69, 9.17) is 11.6 Å². The first-order valence-electron chi connectivity index (χ1n) is 4.28. The molecule has 0 fully saturated rings. The van der Waals surface area contributed by atoms with Gasteiger partial charge in [-0.2, -0.15) is 0 Å². The Balaban J connectivity index is 2.80.